The van der Waals surface area contributed by atoms with Crippen molar-refractivity contribution in [1.82, 2.24) is 4.98 Å². The molecule has 0 saturated carbocycles. The van der Waals surface area contributed by atoms with Gasteiger partial charge in [-0.3, -0.25) is 0 Å². The summed E-state index contributed by atoms with van der Waals surface area (Å²) >= 11 is 3.36. The maximum absolute atomic E-state index is 11.7. The number of pyridine rings is 1. The predicted molar refractivity (Wildman–Crippen MR) is 75.6 cm³/mol. The minimum absolute atomic E-state index is 0.257. The average Bonchev–Trinajstić information content (AvgIpc) is 2.30. The van der Waals surface area contributed by atoms with Gasteiger partial charge in [-0.2, -0.15) is 0 Å². The van der Waals surface area contributed by atoms with Crippen molar-refractivity contribution in [2.75, 3.05) is 12.4 Å². The molecular formula is C13H19BrN2O2. The predicted octanol–water partition coefficient (Wildman–Crippen LogP) is 3.15. The topological polar surface area (TPSA) is 51.2 Å². The quantitative estimate of drug-likeness (QED) is 0.848. The Balaban J connectivity index is 2.85. The number of rotatable bonds is 5. The zero-order chi connectivity index (χ0) is 13.7. The summed E-state index contributed by atoms with van der Waals surface area (Å²) in [5, 5.41) is 3.15. The van der Waals surface area contributed by atoms with E-state index in [0.29, 0.717) is 18.2 Å². The molecule has 1 aromatic heterocycles. The highest BCUT2D eigenvalue weighted by molar-refractivity contribution is 9.10. The summed E-state index contributed by atoms with van der Waals surface area (Å²) in [5.41, 5.74) is 0.988. The zero-order valence-electron chi connectivity index (χ0n) is 11.2. The Bertz CT molecular complexity index is 421. The van der Waals surface area contributed by atoms with E-state index in [0.717, 1.165) is 10.0 Å². The van der Waals surface area contributed by atoms with Crippen LogP contribution in [0, 0.1) is 12.8 Å². The second-order valence-electron chi connectivity index (χ2n) is 4.67. The van der Waals surface area contributed by atoms with Gasteiger partial charge in [0.2, 0.25) is 0 Å². The lowest BCUT2D eigenvalue weighted by atomic mass is 10.0. The molecule has 1 N–H and O–H groups in total. The molecule has 0 spiro atoms. The van der Waals surface area contributed by atoms with E-state index < -0.39 is 0 Å². The van der Waals surface area contributed by atoms with Crippen LogP contribution in [0.25, 0.3) is 0 Å². The van der Waals surface area contributed by atoms with Crippen molar-refractivity contribution < 1.29 is 9.53 Å². The lowest BCUT2D eigenvalue weighted by Gasteiger charge is -2.19. The number of aryl methyl sites for hydroxylation is 1. The minimum atomic E-state index is -0.359. The summed E-state index contributed by atoms with van der Waals surface area (Å²) in [4.78, 5) is 16.0. The Morgan fingerprint density at radius 3 is 2.72 bits per heavy atom. The summed E-state index contributed by atoms with van der Waals surface area (Å²) in [6.07, 6.45) is 2.42. The number of aromatic nitrogens is 1. The number of halogens is 1. The van der Waals surface area contributed by atoms with Gasteiger partial charge in [-0.1, -0.05) is 13.8 Å². The van der Waals surface area contributed by atoms with Crippen molar-refractivity contribution in [3.8, 4) is 0 Å². The standard InChI is InChI=1S/C13H19BrN2O2/c1-8(2)5-11(13(17)18-4)16-12-9(3)6-10(14)7-15-12/h6-8,11H,5H2,1-4H3,(H,15,16). The Kier molecular flexibility index (Phi) is 5.59. The molecule has 18 heavy (non-hydrogen) atoms. The zero-order valence-corrected chi connectivity index (χ0v) is 12.7. The highest BCUT2D eigenvalue weighted by Gasteiger charge is 2.21. The first-order valence-corrected chi connectivity index (χ1v) is 6.69. The van der Waals surface area contributed by atoms with E-state index in [1.165, 1.54) is 7.11 Å². The molecule has 0 amide bonds. The summed E-state index contributed by atoms with van der Waals surface area (Å²) in [6, 6.07) is 1.60. The molecule has 1 rings (SSSR count). The number of carbonyl (C=O) groups is 1. The second kappa shape index (κ2) is 6.73. The highest BCUT2D eigenvalue weighted by Crippen LogP contribution is 2.19. The van der Waals surface area contributed by atoms with Crippen LogP contribution in [-0.2, 0) is 9.53 Å². The molecule has 1 heterocycles. The van der Waals surface area contributed by atoms with E-state index in [1.54, 1.807) is 6.20 Å². The van der Waals surface area contributed by atoms with Gasteiger partial charge in [0.05, 0.1) is 7.11 Å². The van der Waals surface area contributed by atoms with Crippen LogP contribution in [0.5, 0.6) is 0 Å². The van der Waals surface area contributed by atoms with Crippen molar-refractivity contribution in [3.05, 3.63) is 22.3 Å². The van der Waals surface area contributed by atoms with Gasteiger partial charge >= 0.3 is 5.97 Å². The molecule has 0 fully saturated rings. The molecule has 0 saturated heterocycles. The van der Waals surface area contributed by atoms with Gasteiger partial charge in [0.1, 0.15) is 11.9 Å². The number of hydrogen-bond donors (Lipinski definition) is 1. The van der Waals surface area contributed by atoms with Crippen LogP contribution in [0.3, 0.4) is 0 Å². The van der Waals surface area contributed by atoms with Crippen molar-refractivity contribution in [1.29, 1.82) is 0 Å². The fourth-order valence-corrected chi connectivity index (χ4v) is 2.13. The third kappa shape index (κ3) is 4.29. The fourth-order valence-electron chi connectivity index (χ4n) is 1.68. The number of anilines is 1. The first-order valence-electron chi connectivity index (χ1n) is 5.90. The normalized spacial score (nSPS) is 12.3. The second-order valence-corrected chi connectivity index (χ2v) is 5.58. The largest absolute Gasteiger partial charge is 0.467 e. The third-order valence-corrected chi connectivity index (χ3v) is 2.98. The molecule has 0 radical (unpaired) electrons. The van der Waals surface area contributed by atoms with Crippen LogP contribution in [0.2, 0.25) is 0 Å². The summed E-state index contributed by atoms with van der Waals surface area (Å²) < 4.78 is 5.73. The summed E-state index contributed by atoms with van der Waals surface area (Å²) in [6.45, 7) is 6.09. The Hall–Kier alpha value is -1.10. The lowest BCUT2D eigenvalue weighted by Crippen LogP contribution is -2.32. The number of nitrogens with zero attached hydrogens (tertiary/aromatic N) is 1. The SMILES string of the molecule is COC(=O)C(CC(C)C)Nc1ncc(Br)cc1C. The fraction of sp³-hybridized carbons (Fsp3) is 0.538. The van der Waals surface area contributed by atoms with E-state index >= 15 is 0 Å². The van der Waals surface area contributed by atoms with Gasteiger partial charge in [-0.05, 0) is 46.8 Å². The molecule has 0 bridgehead atoms. The molecule has 0 aromatic carbocycles. The van der Waals surface area contributed by atoms with Crippen LogP contribution in [0.15, 0.2) is 16.7 Å². The van der Waals surface area contributed by atoms with Gasteiger partial charge in [-0.15, -0.1) is 0 Å². The van der Waals surface area contributed by atoms with Crippen LogP contribution < -0.4 is 5.32 Å². The lowest BCUT2D eigenvalue weighted by molar-refractivity contribution is -0.141. The number of carbonyl (C=O) groups excluding carboxylic acids is 1. The summed E-state index contributed by atoms with van der Waals surface area (Å²) in [7, 11) is 1.40. The molecule has 1 atom stereocenters. The molecular weight excluding hydrogens is 296 g/mol. The minimum Gasteiger partial charge on any atom is -0.467 e. The molecule has 1 unspecified atom stereocenters. The first-order chi connectivity index (χ1) is 8.43. The van der Waals surface area contributed by atoms with Gasteiger partial charge in [-0.25, -0.2) is 9.78 Å². The van der Waals surface area contributed by atoms with E-state index in [9.17, 15) is 4.79 Å². The molecule has 5 heteroatoms. The molecule has 0 aliphatic heterocycles. The number of nitrogens with one attached hydrogen (secondary N) is 1. The molecule has 100 valence electrons. The monoisotopic (exact) mass is 314 g/mol. The van der Waals surface area contributed by atoms with E-state index in [1.807, 2.05) is 13.0 Å². The molecule has 4 nitrogen and oxygen atoms in total. The maximum Gasteiger partial charge on any atom is 0.328 e. The average molecular weight is 315 g/mol. The van der Waals surface area contributed by atoms with Crippen molar-refractivity contribution in [2.24, 2.45) is 5.92 Å². The highest BCUT2D eigenvalue weighted by atomic mass is 79.9. The molecule has 1 aromatic rings. The van der Waals surface area contributed by atoms with Crippen molar-refractivity contribution in [2.45, 2.75) is 33.2 Å². The van der Waals surface area contributed by atoms with Crippen LogP contribution in [0.4, 0.5) is 5.82 Å². The summed E-state index contributed by atoms with van der Waals surface area (Å²) in [5.74, 6) is 0.861. The van der Waals surface area contributed by atoms with Gasteiger partial charge in [0.15, 0.2) is 0 Å². The Morgan fingerprint density at radius 2 is 2.22 bits per heavy atom. The van der Waals surface area contributed by atoms with Gasteiger partial charge in [0, 0.05) is 10.7 Å². The third-order valence-electron chi connectivity index (χ3n) is 2.55. The van der Waals surface area contributed by atoms with Crippen LogP contribution >= 0.6 is 15.9 Å². The first kappa shape index (κ1) is 15.0. The van der Waals surface area contributed by atoms with Gasteiger partial charge < -0.3 is 10.1 Å². The van der Waals surface area contributed by atoms with Crippen molar-refractivity contribution in [3.63, 3.8) is 0 Å². The Labute approximate surface area is 116 Å². The van der Waals surface area contributed by atoms with Crippen LogP contribution in [-0.4, -0.2) is 24.1 Å². The van der Waals surface area contributed by atoms with E-state index in [4.69, 9.17) is 4.74 Å². The van der Waals surface area contributed by atoms with E-state index in [2.05, 4.69) is 40.1 Å². The van der Waals surface area contributed by atoms with Gasteiger partial charge in [0.25, 0.3) is 0 Å². The molecule has 0 aliphatic rings. The number of hydrogen-bond acceptors (Lipinski definition) is 4. The number of esters is 1. The number of ether oxygens (including phenoxy) is 1. The maximum atomic E-state index is 11.7. The van der Waals surface area contributed by atoms with Crippen molar-refractivity contribution >= 4 is 27.7 Å². The number of methoxy groups -OCH3 is 1. The van der Waals surface area contributed by atoms with Crippen LogP contribution in [0.1, 0.15) is 25.8 Å². The Morgan fingerprint density at radius 1 is 1.56 bits per heavy atom. The smallest absolute Gasteiger partial charge is 0.328 e. The molecule has 0 aliphatic carbocycles. The van der Waals surface area contributed by atoms with E-state index in [-0.39, 0.29) is 12.0 Å².